The predicted molar refractivity (Wildman–Crippen MR) is 97.5 cm³/mol. The smallest absolute Gasteiger partial charge is 0.138 e. The van der Waals surface area contributed by atoms with Crippen molar-refractivity contribution in [1.29, 1.82) is 0 Å². The summed E-state index contributed by atoms with van der Waals surface area (Å²) in [5, 5.41) is 3.48. The number of aromatic amines is 1. The monoisotopic (exact) mass is 335 g/mol. The highest BCUT2D eigenvalue weighted by molar-refractivity contribution is 5.86. The van der Waals surface area contributed by atoms with Crippen LogP contribution in [-0.2, 0) is 5.41 Å². The Morgan fingerprint density at radius 3 is 2.50 bits per heavy atom. The second-order valence-corrected chi connectivity index (χ2v) is 6.10. The zero-order chi connectivity index (χ0) is 13.7. The molecule has 2 N–H and O–H groups in total. The Morgan fingerprint density at radius 2 is 1.77 bits per heavy atom. The summed E-state index contributed by atoms with van der Waals surface area (Å²) in [6.45, 7) is 5.52. The van der Waals surface area contributed by atoms with Gasteiger partial charge in [0.1, 0.15) is 5.82 Å². The van der Waals surface area contributed by atoms with Crippen molar-refractivity contribution in [3.05, 3.63) is 48.0 Å². The van der Waals surface area contributed by atoms with Crippen LogP contribution < -0.4 is 5.32 Å². The van der Waals surface area contributed by atoms with Gasteiger partial charge in [0.15, 0.2) is 0 Å². The molecule has 0 spiro atoms. The molecule has 3 nitrogen and oxygen atoms in total. The zero-order valence-corrected chi connectivity index (χ0v) is 14.1. The lowest BCUT2D eigenvalue weighted by Gasteiger charge is -2.16. The summed E-state index contributed by atoms with van der Waals surface area (Å²) in [6.07, 6.45) is 0. The molecule has 116 valence electrons. The molecule has 1 aliphatic rings. The number of hydrogen-bond acceptors (Lipinski definition) is 2. The standard InChI is InChI=1S/C17H17N3.2ClH/c1-17(2)10-18-13-9-15-14(8-12(13)17)19-16(20-15)11-6-4-3-5-7-11;;/h3-9,18H,10H2,1-2H3,(H,19,20);2*1H. The molecule has 0 saturated heterocycles. The number of nitrogens with zero attached hydrogens (tertiary/aromatic N) is 1. The highest BCUT2D eigenvalue weighted by atomic mass is 35.5. The molecule has 0 amide bonds. The number of benzene rings is 2. The van der Waals surface area contributed by atoms with E-state index in [1.807, 2.05) is 18.2 Å². The van der Waals surface area contributed by atoms with Crippen molar-refractivity contribution in [1.82, 2.24) is 9.97 Å². The molecule has 2 heterocycles. The molecule has 0 unspecified atom stereocenters. The third kappa shape index (κ3) is 2.55. The Kier molecular flexibility index (Phi) is 4.41. The van der Waals surface area contributed by atoms with Crippen LogP contribution in [0.1, 0.15) is 19.4 Å². The summed E-state index contributed by atoms with van der Waals surface area (Å²) in [7, 11) is 0. The van der Waals surface area contributed by atoms with Crippen molar-refractivity contribution in [3.8, 4) is 11.4 Å². The average molecular weight is 336 g/mol. The van der Waals surface area contributed by atoms with Gasteiger partial charge in [-0.2, -0.15) is 0 Å². The molecule has 3 aromatic rings. The normalized spacial score (nSPS) is 14.6. The topological polar surface area (TPSA) is 40.7 Å². The summed E-state index contributed by atoms with van der Waals surface area (Å²) in [6, 6.07) is 14.6. The van der Waals surface area contributed by atoms with E-state index in [1.165, 1.54) is 11.3 Å². The fraction of sp³-hybridized carbons (Fsp3) is 0.235. The number of imidazole rings is 1. The van der Waals surface area contributed by atoms with Crippen molar-refractivity contribution >= 4 is 41.5 Å². The number of nitrogens with one attached hydrogen (secondary N) is 2. The third-order valence-corrected chi connectivity index (χ3v) is 4.12. The molecule has 0 bridgehead atoms. The molecule has 1 aliphatic heterocycles. The van der Waals surface area contributed by atoms with Crippen molar-refractivity contribution in [2.75, 3.05) is 11.9 Å². The van der Waals surface area contributed by atoms with Crippen molar-refractivity contribution < 1.29 is 0 Å². The molecule has 22 heavy (non-hydrogen) atoms. The van der Waals surface area contributed by atoms with E-state index in [0.29, 0.717) is 0 Å². The maximum atomic E-state index is 4.74. The van der Waals surface area contributed by atoms with Gasteiger partial charge in [0.2, 0.25) is 0 Å². The molecule has 2 aromatic carbocycles. The molecule has 5 heteroatoms. The Hall–Kier alpha value is -1.71. The molecular formula is C17H19Cl2N3. The van der Waals surface area contributed by atoms with Gasteiger partial charge in [0, 0.05) is 23.2 Å². The first-order chi connectivity index (χ1) is 9.63. The van der Waals surface area contributed by atoms with Gasteiger partial charge in [-0.1, -0.05) is 44.2 Å². The number of H-pyrrole nitrogens is 1. The lowest BCUT2D eigenvalue weighted by molar-refractivity contribution is 0.586. The minimum Gasteiger partial charge on any atom is -0.384 e. The van der Waals surface area contributed by atoms with E-state index in [1.54, 1.807) is 0 Å². The van der Waals surface area contributed by atoms with Crippen molar-refractivity contribution in [2.24, 2.45) is 0 Å². The van der Waals surface area contributed by atoms with Gasteiger partial charge in [-0.15, -0.1) is 24.8 Å². The van der Waals surface area contributed by atoms with Crippen LogP contribution in [-0.4, -0.2) is 16.5 Å². The van der Waals surface area contributed by atoms with Crippen LogP contribution in [0, 0.1) is 0 Å². The van der Waals surface area contributed by atoms with E-state index in [2.05, 4.69) is 48.4 Å². The predicted octanol–water partition coefficient (Wildman–Crippen LogP) is 4.78. The Bertz CT molecular complexity index is 794. The first-order valence-corrected chi connectivity index (χ1v) is 6.97. The van der Waals surface area contributed by atoms with Crippen LogP contribution in [0.15, 0.2) is 42.5 Å². The van der Waals surface area contributed by atoms with E-state index in [4.69, 9.17) is 4.98 Å². The quantitative estimate of drug-likeness (QED) is 0.672. The van der Waals surface area contributed by atoms with E-state index < -0.39 is 0 Å². The minimum absolute atomic E-state index is 0. The highest BCUT2D eigenvalue weighted by Gasteiger charge is 2.30. The number of hydrogen-bond donors (Lipinski definition) is 2. The van der Waals surface area contributed by atoms with Gasteiger partial charge in [-0.3, -0.25) is 0 Å². The van der Waals surface area contributed by atoms with Crippen molar-refractivity contribution in [2.45, 2.75) is 19.3 Å². The number of fused-ring (bicyclic) bond motifs is 2. The second-order valence-electron chi connectivity index (χ2n) is 6.10. The number of anilines is 1. The minimum atomic E-state index is 0. The number of aromatic nitrogens is 2. The average Bonchev–Trinajstić information content (AvgIpc) is 2.99. The first kappa shape index (κ1) is 16.7. The molecule has 0 fully saturated rings. The summed E-state index contributed by atoms with van der Waals surface area (Å²) >= 11 is 0. The van der Waals surface area contributed by atoms with Crippen LogP contribution in [0.25, 0.3) is 22.4 Å². The van der Waals surface area contributed by atoms with E-state index in [9.17, 15) is 0 Å². The fourth-order valence-corrected chi connectivity index (χ4v) is 2.91. The largest absolute Gasteiger partial charge is 0.384 e. The maximum absolute atomic E-state index is 4.74. The lowest BCUT2D eigenvalue weighted by atomic mass is 9.87. The van der Waals surface area contributed by atoms with Crippen LogP contribution in [0.3, 0.4) is 0 Å². The Morgan fingerprint density at radius 1 is 1.05 bits per heavy atom. The molecule has 0 aliphatic carbocycles. The third-order valence-electron chi connectivity index (χ3n) is 4.12. The highest BCUT2D eigenvalue weighted by Crippen LogP contribution is 2.38. The van der Waals surface area contributed by atoms with Crippen LogP contribution in [0.5, 0.6) is 0 Å². The molecule has 0 radical (unpaired) electrons. The first-order valence-electron chi connectivity index (χ1n) is 6.97. The number of halogens is 2. The summed E-state index contributed by atoms with van der Waals surface area (Å²) in [4.78, 5) is 8.16. The molecule has 4 rings (SSSR count). The van der Waals surface area contributed by atoms with Crippen LogP contribution in [0.2, 0.25) is 0 Å². The zero-order valence-electron chi connectivity index (χ0n) is 12.5. The van der Waals surface area contributed by atoms with E-state index in [0.717, 1.165) is 29.0 Å². The summed E-state index contributed by atoms with van der Waals surface area (Å²) in [5.41, 5.74) is 6.01. The van der Waals surface area contributed by atoms with Gasteiger partial charge in [0.25, 0.3) is 0 Å². The van der Waals surface area contributed by atoms with Gasteiger partial charge in [0.05, 0.1) is 11.0 Å². The fourth-order valence-electron chi connectivity index (χ4n) is 2.91. The molecule has 1 aromatic heterocycles. The van der Waals surface area contributed by atoms with Crippen LogP contribution >= 0.6 is 24.8 Å². The molecule has 0 saturated carbocycles. The van der Waals surface area contributed by atoms with E-state index >= 15 is 0 Å². The van der Waals surface area contributed by atoms with E-state index in [-0.39, 0.29) is 30.2 Å². The van der Waals surface area contributed by atoms with Gasteiger partial charge in [-0.25, -0.2) is 4.98 Å². The van der Waals surface area contributed by atoms with Gasteiger partial charge in [-0.05, 0) is 17.7 Å². The SMILES string of the molecule is CC1(C)CNc2cc3[nH]c(-c4ccccc4)nc3cc21.Cl.Cl. The van der Waals surface area contributed by atoms with Crippen LogP contribution in [0.4, 0.5) is 5.69 Å². The number of rotatable bonds is 1. The molecule has 0 atom stereocenters. The second kappa shape index (κ2) is 5.82. The summed E-state index contributed by atoms with van der Waals surface area (Å²) in [5.74, 6) is 0.932. The molecular weight excluding hydrogens is 317 g/mol. The lowest BCUT2D eigenvalue weighted by Crippen LogP contribution is -2.18. The maximum Gasteiger partial charge on any atom is 0.138 e. The van der Waals surface area contributed by atoms with Gasteiger partial charge >= 0.3 is 0 Å². The summed E-state index contributed by atoms with van der Waals surface area (Å²) < 4.78 is 0. The van der Waals surface area contributed by atoms with Crippen molar-refractivity contribution in [3.63, 3.8) is 0 Å². The Balaban J connectivity index is 0.000000882. The Labute approximate surface area is 142 Å². The van der Waals surface area contributed by atoms with Gasteiger partial charge < -0.3 is 10.3 Å².